The van der Waals surface area contributed by atoms with Crippen molar-refractivity contribution in [3.8, 4) is 0 Å². The maximum absolute atomic E-state index is 12.0. The summed E-state index contributed by atoms with van der Waals surface area (Å²) in [6.45, 7) is 4.41. The molecule has 0 radical (unpaired) electrons. The molecule has 0 spiro atoms. The van der Waals surface area contributed by atoms with Gasteiger partial charge in [0, 0.05) is 19.6 Å². The zero-order valence-electron chi connectivity index (χ0n) is 11.5. The van der Waals surface area contributed by atoms with Crippen LogP contribution in [0.4, 0.5) is 0 Å². The molecule has 0 aromatic rings. The number of morpholine rings is 1. The van der Waals surface area contributed by atoms with Gasteiger partial charge in [-0.1, -0.05) is 0 Å². The minimum absolute atomic E-state index is 0.0215. The van der Waals surface area contributed by atoms with Gasteiger partial charge in [0.2, 0.25) is 10.0 Å². The Morgan fingerprint density at radius 2 is 1.95 bits per heavy atom. The van der Waals surface area contributed by atoms with Gasteiger partial charge in [-0.2, -0.15) is 0 Å². The first-order chi connectivity index (χ1) is 9.39. The van der Waals surface area contributed by atoms with Crippen LogP contribution in [0, 0.1) is 0 Å². The Morgan fingerprint density at radius 3 is 2.55 bits per heavy atom. The second-order valence-corrected chi connectivity index (χ2v) is 9.55. The third kappa shape index (κ3) is 4.66. The average Bonchev–Trinajstić information content (AvgIpc) is 2.77. The van der Waals surface area contributed by atoms with Gasteiger partial charge in [0.25, 0.3) is 0 Å². The second kappa shape index (κ2) is 6.69. The molecule has 0 amide bonds. The van der Waals surface area contributed by atoms with Gasteiger partial charge in [-0.15, -0.1) is 0 Å². The normalized spacial score (nSPS) is 27.7. The highest BCUT2D eigenvalue weighted by molar-refractivity contribution is 7.95. The van der Waals surface area contributed by atoms with E-state index >= 15 is 0 Å². The largest absolute Gasteiger partial charge is 0.379 e. The van der Waals surface area contributed by atoms with Gasteiger partial charge >= 0.3 is 0 Å². The Bertz CT molecular complexity index is 511. The number of sulfonamides is 1. The van der Waals surface area contributed by atoms with Gasteiger partial charge in [0.05, 0.1) is 30.0 Å². The summed E-state index contributed by atoms with van der Waals surface area (Å²) < 4.78 is 54.3. The van der Waals surface area contributed by atoms with Crippen LogP contribution in [0.25, 0.3) is 0 Å². The quantitative estimate of drug-likeness (QED) is 0.617. The molecule has 118 valence electrons. The highest BCUT2D eigenvalue weighted by Crippen LogP contribution is 2.18. The van der Waals surface area contributed by atoms with E-state index in [4.69, 9.17) is 4.74 Å². The van der Waals surface area contributed by atoms with Crippen molar-refractivity contribution in [1.82, 2.24) is 9.62 Å². The van der Waals surface area contributed by atoms with Gasteiger partial charge in [-0.05, 0) is 19.4 Å². The van der Waals surface area contributed by atoms with Crippen LogP contribution >= 0.6 is 0 Å². The molecule has 2 saturated heterocycles. The van der Waals surface area contributed by atoms with Crippen molar-refractivity contribution in [3.05, 3.63) is 0 Å². The van der Waals surface area contributed by atoms with Gasteiger partial charge in [0.15, 0.2) is 9.84 Å². The van der Waals surface area contributed by atoms with Crippen LogP contribution in [0.5, 0.6) is 0 Å². The van der Waals surface area contributed by atoms with Crippen molar-refractivity contribution in [2.75, 3.05) is 50.9 Å². The van der Waals surface area contributed by atoms with Crippen LogP contribution in [-0.2, 0) is 24.6 Å². The van der Waals surface area contributed by atoms with E-state index in [0.717, 1.165) is 39.3 Å². The standard InChI is InChI=1S/C11H22N2O5S2/c14-19(15)9-2-11(10-19)20(16,17)12-3-1-4-13-5-7-18-8-6-13/h11-12H,1-10H2/t11-/m1/s1. The molecular weight excluding hydrogens is 304 g/mol. The van der Waals surface area contributed by atoms with E-state index in [1.54, 1.807) is 0 Å². The van der Waals surface area contributed by atoms with Crippen molar-refractivity contribution < 1.29 is 21.6 Å². The summed E-state index contributed by atoms with van der Waals surface area (Å²) in [5, 5.41) is -0.782. The fourth-order valence-corrected chi connectivity index (χ4v) is 6.59. The third-order valence-electron chi connectivity index (χ3n) is 3.69. The zero-order valence-corrected chi connectivity index (χ0v) is 13.1. The number of ether oxygens (including phenoxy) is 1. The number of hydrogen-bond donors (Lipinski definition) is 1. The lowest BCUT2D eigenvalue weighted by molar-refractivity contribution is 0.0376. The van der Waals surface area contributed by atoms with Crippen LogP contribution in [0.3, 0.4) is 0 Å². The number of hydrogen-bond acceptors (Lipinski definition) is 6. The van der Waals surface area contributed by atoms with Gasteiger partial charge in [-0.25, -0.2) is 21.6 Å². The minimum Gasteiger partial charge on any atom is -0.379 e. The molecule has 2 heterocycles. The van der Waals surface area contributed by atoms with E-state index in [1.807, 2.05) is 0 Å². The lowest BCUT2D eigenvalue weighted by atomic mass is 10.3. The molecule has 0 aromatic carbocycles. The maximum Gasteiger partial charge on any atom is 0.215 e. The number of nitrogens with zero attached hydrogens (tertiary/aromatic N) is 1. The van der Waals surface area contributed by atoms with Crippen LogP contribution in [-0.4, -0.2) is 77.9 Å². The molecule has 9 heteroatoms. The van der Waals surface area contributed by atoms with Crippen LogP contribution in [0.1, 0.15) is 12.8 Å². The molecule has 2 fully saturated rings. The number of nitrogens with one attached hydrogen (secondary N) is 1. The Labute approximate surface area is 120 Å². The molecule has 20 heavy (non-hydrogen) atoms. The summed E-state index contributed by atoms with van der Waals surface area (Å²) in [5.41, 5.74) is 0. The van der Waals surface area contributed by atoms with Crippen molar-refractivity contribution in [2.45, 2.75) is 18.1 Å². The van der Waals surface area contributed by atoms with Crippen molar-refractivity contribution in [2.24, 2.45) is 0 Å². The summed E-state index contributed by atoms with van der Waals surface area (Å²) in [5.74, 6) is -0.266. The lowest BCUT2D eigenvalue weighted by Gasteiger charge is -2.26. The molecule has 0 unspecified atom stereocenters. The van der Waals surface area contributed by atoms with E-state index < -0.39 is 25.1 Å². The highest BCUT2D eigenvalue weighted by atomic mass is 32.2. The summed E-state index contributed by atoms with van der Waals surface area (Å²) in [6, 6.07) is 0. The second-order valence-electron chi connectivity index (χ2n) is 5.27. The monoisotopic (exact) mass is 326 g/mol. The van der Waals surface area contributed by atoms with E-state index in [1.165, 1.54) is 0 Å². The van der Waals surface area contributed by atoms with Crippen LogP contribution < -0.4 is 4.72 Å². The first kappa shape index (κ1) is 16.2. The Morgan fingerprint density at radius 1 is 1.25 bits per heavy atom. The van der Waals surface area contributed by atoms with Crippen molar-refractivity contribution in [1.29, 1.82) is 0 Å². The number of rotatable bonds is 6. The summed E-state index contributed by atoms with van der Waals surface area (Å²) in [6.07, 6.45) is 0.930. The summed E-state index contributed by atoms with van der Waals surface area (Å²) >= 11 is 0. The third-order valence-corrected chi connectivity index (χ3v) is 7.55. The predicted molar refractivity (Wildman–Crippen MR) is 75.9 cm³/mol. The minimum atomic E-state index is -3.51. The van der Waals surface area contributed by atoms with E-state index in [0.29, 0.717) is 6.54 Å². The lowest BCUT2D eigenvalue weighted by Crippen LogP contribution is -2.39. The summed E-state index contributed by atoms with van der Waals surface area (Å²) in [4.78, 5) is 2.23. The van der Waals surface area contributed by atoms with Crippen LogP contribution in [0.15, 0.2) is 0 Å². The molecule has 2 aliphatic rings. The zero-order chi connectivity index (χ0) is 14.6. The topological polar surface area (TPSA) is 92.8 Å². The molecule has 1 N–H and O–H groups in total. The van der Waals surface area contributed by atoms with E-state index in [-0.39, 0.29) is 17.9 Å². The van der Waals surface area contributed by atoms with Crippen molar-refractivity contribution in [3.63, 3.8) is 0 Å². The highest BCUT2D eigenvalue weighted by Gasteiger charge is 2.36. The van der Waals surface area contributed by atoms with Gasteiger partial charge in [-0.3, -0.25) is 4.90 Å². The Kier molecular flexibility index (Phi) is 5.41. The van der Waals surface area contributed by atoms with Gasteiger partial charge in [0.1, 0.15) is 0 Å². The molecule has 0 aliphatic carbocycles. The van der Waals surface area contributed by atoms with Crippen LogP contribution in [0.2, 0.25) is 0 Å². The Hall–Kier alpha value is -0.220. The van der Waals surface area contributed by atoms with E-state index in [9.17, 15) is 16.8 Å². The number of sulfone groups is 1. The fourth-order valence-electron chi connectivity index (χ4n) is 2.47. The molecule has 0 bridgehead atoms. The maximum atomic E-state index is 12.0. The first-order valence-corrected chi connectivity index (χ1v) is 10.2. The first-order valence-electron chi connectivity index (χ1n) is 6.88. The van der Waals surface area contributed by atoms with Crippen molar-refractivity contribution >= 4 is 19.9 Å². The molecular formula is C11H22N2O5S2. The fraction of sp³-hybridized carbons (Fsp3) is 1.00. The predicted octanol–water partition coefficient (Wildman–Crippen LogP) is -1.18. The SMILES string of the molecule is O=S1(=O)CC[C@@H](S(=O)(=O)NCCCN2CCOCC2)C1. The summed E-state index contributed by atoms with van der Waals surface area (Å²) in [7, 11) is -6.67. The molecule has 7 nitrogen and oxygen atoms in total. The molecule has 0 aromatic heterocycles. The van der Waals surface area contributed by atoms with E-state index in [2.05, 4.69) is 9.62 Å². The van der Waals surface area contributed by atoms with Gasteiger partial charge < -0.3 is 4.74 Å². The molecule has 0 saturated carbocycles. The molecule has 2 rings (SSSR count). The molecule has 2 aliphatic heterocycles. The Balaban J connectivity index is 1.70. The average molecular weight is 326 g/mol. The molecule has 1 atom stereocenters. The smallest absolute Gasteiger partial charge is 0.215 e.